The lowest BCUT2D eigenvalue weighted by Gasteiger charge is -2.09. The number of hydrogen-bond donors (Lipinski definition) is 3. The zero-order chi connectivity index (χ0) is 12.4. The van der Waals surface area contributed by atoms with Gasteiger partial charge in [0.2, 0.25) is 12.3 Å². The van der Waals surface area contributed by atoms with Crippen LogP contribution in [-0.4, -0.2) is 47.5 Å². The zero-order valence-corrected chi connectivity index (χ0v) is 9.25. The first-order chi connectivity index (χ1) is 7.61. The maximum Gasteiger partial charge on any atom is 0.327 e. The fourth-order valence-electron chi connectivity index (χ4n) is 0.743. The Balaban J connectivity index is 3.77. The van der Waals surface area contributed by atoms with E-state index < -0.39 is 12.0 Å². The molecule has 7 heteroatoms. The molecule has 0 aromatic rings. The van der Waals surface area contributed by atoms with Gasteiger partial charge in [0, 0.05) is 5.75 Å². The molecule has 1 atom stereocenters. The third-order valence-electron chi connectivity index (χ3n) is 1.47. The van der Waals surface area contributed by atoms with Crippen molar-refractivity contribution in [2.75, 3.05) is 18.1 Å². The molecule has 0 spiro atoms. The molecule has 88 valence electrons. The van der Waals surface area contributed by atoms with Crippen molar-refractivity contribution in [2.45, 2.75) is 6.04 Å². The Labute approximate surface area is 97.2 Å². The number of thioether (sulfide) groups is 1. The zero-order valence-electron chi connectivity index (χ0n) is 8.43. The minimum atomic E-state index is -1.14. The molecule has 0 fully saturated rings. The van der Waals surface area contributed by atoms with Gasteiger partial charge in [-0.3, -0.25) is 9.59 Å². The van der Waals surface area contributed by atoms with Crippen LogP contribution >= 0.6 is 11.8 Å². The number of carboxylic acid groups (broad SMARTS) is 1. The molecule has 0 aliphatic rings. The fraction of sp³-hybridized carbons (Fsp3) is 0.444. The second-order valence-corrected chi connectivity index (χ2v) is 3.70. The maximum absolute atomic E-state index is 11.0. The minimum absolute atomic E-state index is 0.103. The highest BCUT2D eigenvalue weighted by molar-refractivity contribution is 8.00. The van der Waals surface area contributed by atoms with Crippen molar-refractivity contribution in [3.05, 3.63) is 0 Å². The van der Waals surface area contributed by atoms with E-state index in [1.807, 2.05) is 0 Å². The maximum atomic E-state index is 11.0. The molecule has 0 rings (SSSR count). The largest absolute Gasteiger partial charge is 0.480 e. The Kier molecular flexibility index (Phi) is 7.71. The van der Waals surface area contributed by atoms with Crippen LogP contribution in [0.4, 0.5) is 0 Å². The molecule has 0 bridgehead atoms. The van der Waals surface area contributed by atoms with Gasteiger partial charge in [-0.05, 0) is 0 Å². The van der Waals surface area contributed by atoms with Crippen molar-refractivity contribution in [3.63, 3.8) is 0 Å². The van der Waals surface area contributed by atoms with Crippen molar-refractivity contribution in [3.8, 4) is 12.3 Å². The van der Waals surface area contributed by atoms with Crippen LogP contribution in [0, 0.1) is 12.3 Å². The molecular formula is C9H12N2O4S. The standard InChI is InChI=1S/C9H12N2O4S/c1-2-3-10-8(13)5-16-4-7(9(14)15)11-6-12/h1,6-7H,3-5H2,(H,10,13)(H,11,12)(H,14,15). The van der Waals surface area contributed by atoms with E-state index in [0.717, 1.165) is 11.8 Å². The molecule has 0 saturated heterocycles. The van der Waals surface area contributed by atoms with E-state index >= 15 is 0 Å². The van der Waals surface area contributed by atoms with Gasteiger partial charge in [-0.1, -0.05) is 5.92 Å². The van der Waals surface area contributed by atoms with E-state index in [1.54, 1.807) is 0 Å². The number of carbonyl (C=O) groups is 3. The first kappa shape index (κ1) is 14.3. The van der Waals surface area contributed by atoms with Crippen LogP contribution in [0.1, 0.15) is 0 Å². The quantitative estimate of drug-likeness (QED) is 0.363. The van der Waals surface area contributed by atoms with Crippen molar-refractivity contribution in [1.82, 2.24) is 10.6 Å². The topological polar surface area (TPSA) is 95.5 Å². The molecule has 0 aromatic carbocycles. The SMILES string of the molecule is C#CCNC(=O)CSCC(NC=O)C(=O)O. The van der Waals surface area contributed by atoms with Gasteiger partial charge in [0.15, 0.2) is 0 Å². The molecule has 0 aromatic heterocycles. The smallest absolute Gasteiger partial charge is 0.327 e. The summed E-state index contributed by atoms with van der Waals surface area (Å²) < 4.78 is 0. The molecule has 0 saturated carbocycles. The van der Waals surface area contributed by atoms with Crippen molar-refractivity contribution < 1.29 is 19.5 Å². The van der Waals surface area contributed by atoms with Gasteiger partial charge in [-0.15, -0.1) is 18.2 Å². The molecule has 0 radical (unpaired) electrons. The second-order valence-electron chi connectivity index (χ2n) is 2.67. The number of nitrogens with one attached hydrogen (secondary N) is 2. The predicted molar refractivity (Wildman–Crippen MR) is 59.8 cm³/mol. The highest BCUT2D eigenvalue weighted by atomic mass is 32.2. The number of amides is 2. The van der Waals surface area contributed by atoms with Gasteiger partial charge in [0.05, 0.1) is 12.3 Å². The Hall–Kier alpha value is -1.68. The Morgan fingerprint density at radius 2 is 2.25 bits per heavy atom. The van der Waals surface area contributed by atoms with Crippen LogP contribution < -0.4 is 10.6 Å². The molecule has 0 aliphatic carbocycles. The summed E-state index contributed by atoms with van der Waals surface area (Å²) in [6, 6.07) is -0.983. The van der Waals surface area contributed by atoms with Crippen LogP contribution in [-0.2, 0) is 14.4 Å². The molecular weight excluding hydrogens is 232 g/mol. The summed E-state index contributed by atoms with van der Waals surface area (Å²) in [6.45, 7) is 0.147. The molecule has 0 aliphatic heterocycles. The predicted octanol–water partition coefficient (Wildman–Crippen LogP) is -1.33. The number of rotatable bonds is 8. The second kappa shape index (κ2) is 8.61. The Morgan fingerprint density at radius 3 is 2.75 bits per heavy atom. The number of hydrogen-bond acceptors (Lipinski definition) is 4. The van der Waals surface area contributed by atoms with Crippen LogP contribution in [0.5, 0.6) is 0 Å². The number of carboxylic acids is 1. The third kappa shape index (κ3) is 6.73. The van der Waals surface area contributed by atoms with E-state index in [4.69, 9.17) is 11.5 Å². The summed E-state index contributed by atoms with van der Waals surface area (Å²) in [4.78, 5) is 31.7. The summed E-state index contributed by atoms with van der Waals surface area (Å²) in [5.41, 5.74) is 0. The van der Waals surface area contributed by atoms with E-state index in [-0.39, 0.29) is 24.0 Å². The lowest BCUT2D eigenvalue weighted by atomic mass is 10.3. The molecule has 16 heavy (non-hydrogen) atoms. The van der Waals surface area contributed by atoms with Gasteiger partial charge in [0.1, 0.15) is 6.04 Å². The van der Waals surface area contributed by atoms with Crippen LogP contribution in [0.2, 0.25) is 0 Å². The first-order valence-electron chi connectivity index (χ1n) is 4.32. The van der Waals surface area contributed by atoms with Crippen molar-refractivity contribution in [2.24, 2.45) is 0 Å². The summed E-state index contributed by atoms with van der Waals surface area (Å²) in [6.07, 6.45) is 5.25. The normalized spacial score (nSPS) is 10.9. The molecule has 2 amide bonds. The molecule has 3 N–H and O–H groups in total. The number of aliphatic carboxylic acids is 1. The number of terminal acetylenes is 1. The van der Waals surface area contributed by atoms with E-state index in [2.05, 4.69) is 16.6 Å². The van der Waals surface area contributed by atoms with Crippen LogP contribution in [0.25, 0.3) is 0 Å². The van der Waals surface area contributed by atoms with Gasteiger partial charge < -0.3 is 15.7 Å². The minimum Gasteiger partial charge on any atom is -0.480 e. The molecule has 0 heterocycles. The van der Waals surface area contributed by atoms with Gasteiger partial charge >= 0.3 is 5.97 Å². The highest BCUT2D eigenvalue weighted by Crippen LogP contribution is 2.02. The fourth-order valence-corrected chi connectivity index (χ4v) is 1.62. The average molecular weight is 244 g/mol. The van der Waals surface area contributed by atoms with Gasteiger partial charge in [-0.25, -0.2) is 4.79 Å². The average Bonchev–Trinajstić information content (AvgIpc) is 2.25. The van der Waals surface area contributed by atoms with Gasteiger partial charge in [0.25, 0.3) is 0 Å². The van der Waals surface area contributed by atoms with E-state index in [0.29, 0.717) is 6.41 Å². The lowest BCUT2D eigenvalue weighted by molar-refractivity contribution is -0.139. The van der Waals surface area contributed by atoms with Gasteiger partial charge in [-0.2, -0.15) is 0 Å². The van der Waals surface area contributed by atoms with Crippen LogP contribution in [0.3, 0.4) is 0 Å². The molecule has 1 unspecified atom stereocenters. The van der Waals surface area contributed by atoms with Crippen molar-refractivity contribution in [1.29, 1.82) is 0 Å². The summed E-state index contributed by atoms with van der Waals surface area (Å²) in [7, 11) is 0. The highest BCUT2D eigenvalue weighted by Gasteiger charge is 2.16. The first-order valence-corrected chi connectivity index (χ1v) is 5.47. The third-order valence-corrected chi connectivity index (χ3v) is 2.51. The Bertz CT molecular complexity index is 300. The van der Waals surface area contributed by atoms with E-state index in [9.17, 15) is 14.4 Å². The summed E-state index contributed by atoms with van der Waals surface area (Å²) in [5, 5.41) is 13.2. The van der Waals surface area contributed by atoms with E-state index in [1.165, 1.54) is 0 Å². The Morgan fingerprint density at radius 1 is 1.56 bits per heavy atom. The number of carbonyl (C=O) groups excluding carboxylic acids is 2. The molecule has 6 nitrogen and oxygen atoms in total. The lowest BCUT2D eigenvalue weighted by Crippen LogP contribution is -2.38. The van der Waals surface area contributed by atoms with Crippen molar-refractivity contribution >= 4 is 30.0 Å². The summed E-state index contributed by atoms with van der Waals surface area (Å²) in [5.74, 6) is 1.07. The van der Waals surface area contributed by atoms with Crippen LogP contribution in [0.15, 0.2) is 0 Å². The monoisotopic (exact) mass is 244 g/mol. The summed E-state index contributed by atoms with van der Waals surface area (Å²) >= 11 is 1.11.